The van der Waals surface area contributed by atoms with Crippen LogP contribution in [0.25, 0.3) is 11.3 Å². The molecular formula is C17H16F2N4O2S. The van der Waals surface area contributed by atoms with Crippen LogP contribution in [0.2, 0.25) is 0 Å². The molecule has 1 N–H and O–H groups in total. The summed E-state index contributed by atoms with van der Waals surface area (Å²) in [7, 11) is 0. The number of aryl methyl sites for hydroxylation is 2. The summed E-state index contributed by atoms with van der Waals surface area (Å²) in [5, 5.41) is 9.15. The molecule has 0 spiro atoms. The minimum Gasteiger partial charge on any atom is -0.435 e. The average molecular weight is 378 g/mol. The zero-order valence-corrected chi connectivity index (χ0v) is 14.7. The Labute approximate surface area is 152 Å². The third-order valence-corrected chi connectivity index (χ3v) is 4.36. The average Bonchev–Trinajstić information content (AvgIpc) is 3.22. The lowest BCUT2D eigenvalue weighted by molar-refractivity contribution is -0.116. The van der Waals surface area contributed by atoms with Crippen LogP contribution in [0.1, 0.15) is 12.1 Å². The molecule has 2 aromatic heterocycles. The standard InChI is InChI=1S/C17H16F2N4O2S/c1-11-6-8-20-23(11)9-7-15(24)22-17-21-14(10-26-17)12-2-4-13(5-3-12)25-16(18)19/h2-6,8,10,16H,7,9H2,1H3,(H,21,22,24). The lowest BCUT2D eigenvalue weighted by Crippen LogP contribution is -2.15. The maximum atomic E-state index is 12.2. The van der Waals surface area contributed by atoms with Crippen molar-refractivity contribution >= 4 is 22.4 Å². The Morgan fingerprint density at radius 1 is 1.31 bits per heavy atom. The quantitative estimate of drug-likeness (QED) is 0.676. The number of hydrogen-bond acceptors (Lipinski definition) is 5. The number of benzene rings is 1. The molecule has 0 unspecified atom stereocenters. The first-order valence-electron chi connectivity index (χ1n) is 7.80. The first-order chi connectivity index (χ1) is 12.5. The fourth-order valence-electron chi connectivity index (χ4n) is 2.29. The van der Waals surface area contributed by atoms with Crippen molar-refractivity contribution in [2.24, 2.45) is 0 Å². The van der Waals surface area contributed by atoms with Gasteiger partial charge in [0.25, 0.3) is 0 Å². The van der Waals surface area contributed by atoms with Crippen LogP contribution in [0.15, 0.2) is 41.9 Å². The maximum Gasteiger partial charge on any atom is 0.387 e. The Morgan fingerprint density at radius 3 is 2.73 bits per heavy atom. The highest BCUT2D eigenvalue weighted by molar-refractivity contribution is 7.14. The van der Waals surface area contributed by atoms with E-state index in [0.717, 1.165) is 11.3 Å². The first-order valence-corrected chi connectivity index (χ1v) is 8.68. The molecule has 0 saturated heterocycles. The van der Waals surface area contributed by atoms with Crippen molar-refractivity contribution in [3.8, 4) is 17.0 Å². The number of rotatable bonds is 7. The van der Waals surface area contributed by atoms with Gasteiger partial charge in [-0.25, -0.2) is 4.98 Å². The predicted molar refractivity (Wildman–Crippen MR) is 94.4 cm³/mol. The highest BCUT2D eigenvalue weighted by Gasteiger charge is 2.10. The van der Waals surface area contributed by atoms with E-state index in [2.05, 4.69) is 20.1 Å². The van der Waals surface area contributed by atoms with Crippen molar-refractivity contribution < 1.29 is 18.3 Å². The number of carbonyl (C=O) groups is 1. The Hall–Kier alpha value is -2.81. The summed E-state index contributed by atoms with van der Waals surface area (Å²) in [6.07, 6.45) is 1.98. The number of aromatic nitrogens is 3. The summed E-state index contributed by atoms with van der Waals surface area (Å²) in [6, 6.07) is 8.05. The summed E-state index contributed by atoms with van der Waals surface area (Å²) in [5.74, 6) is -0.0668. The van der Waals surface area contributed by atoms with E-state index >= 15 is 0 Å². The Bertz CT molecular complexity index is 877. The van der Waals surface area contributed by atoms with Crippen LogP contribution in [-0.2, 0) is 11.3 Å². The largest absolute Gasteiger partial charge is 0.435 e. The fraction of sp³-hybridized carbons (Fsp3) is 0.235. The van der Waals surface area contributed by atoms with Crippen LogP contribution in [0.5, 0.6) is 5.75 Å². The highest BCUT2D eigenvalue weighted by atomic mass is 32.1. The SMILES string of the molecule is Cc1ccnn1CCC(=O)Nc1nc(-c2ccc(OC(F)F)cc2)cs1. The van der Waals surface area contributed by atoms with Crippen LogP contribution >= 0.6 is 11.3 Å². The van der Waals surface area contributed by atoms with Gasteiger partial charge in [-0.05, 0) is 37.3 Å². The van der Waals surface area contributed by atoms with E-state index in [4.69, 9.17) is 0 Å². The summed E-state index contributed by atoms with van der Waals surface area (Å²) in [6.45, 7) is -0.433. The van der Waals surface area contributed by atoms with E-state index in [1.165, 1.54) is 23.5 Å². The molecule has 2 heterocycles. The van der Waals surface area contributed by atoms with Crippen LogP contribution in [-0.4, -0.2) is 27.3 Å². The molecule has 0 atom stereocenters. The third-order valence-electron chi connectivity index (χ3n) is 3.61. The van der Waals surface area contributed by atoms with Crippen molar-refractivity contribution in [3.05, 3.63) is 47.6 Å². The summed E-state index contributed by atoms with van der Waals surface area (Å²) in [5.41, 5.74) is 2.39. The van der Waals surface area contributed by atoms with Gasteiger partial charge in [-0.2, -0.15) is 13.9 Å². The van der Waals surface area contributed by atoms with Crippen LogP contribution in [0, 0.1) is 6.92 Å². The molecule has 6 nitrogen and oxygen atoms in total. The molecule has 0 saturated carbocycles. The molecule has 0 radical (unpaired) electrons. The zero-order chi connectivity index (χ0) is 18.5. The number of amides is 1. The lowest BCUT2D eigenvalue weighted by atomic mass is 10.2. The van der Waals surface area contributed by atoms with Gasteiger partial charge in [-0.1, -0.05) is 0 Å². The van der Waals surface area contributed by atoms with E-state index < -0.39 is 6.61 Å². The zero-order valence-electron chi connectivity index (χ0n) is 13.9. The molecule has 136 valence electrons. The van der Waals surface area contributed by atoms with Gasteiger partial charge in [0.15, 0.2) is 5.13 Å². The monoisotopic (exact) mass is 378 g/mol. The number of carbonyl (C=O) groups excluding carboxylic acids is 1. The van der Waals surface area contributed by atoms with E-state index in [9.17, 15) is 13.6 Å². The minimum absolute atomic E-state index is 0.0846. The van der Waals surface area contributed by atoms with Crippen molar-refractivity contribution in [2.45, 2.75) is 26.5 Å². The second-order valence-electron chi connectivity index (χ2n) is 5.43. The second-order valence-corrected chi connectivity index (χ2v) is 6.29. The molecule has 3 rings (SSSR count). The predicted octanol–water partition coefficient (Wildman–Crippen LogP) is 3.95. The molecule has 0 bridgehead atoms. The topological polar surface area (TPSA) is 69.0 Å². The van der Waals surface area contributed by atoms with E-state index in [-0.39, 0.29) is 18.1 Å². The molecule has 0 aliphatic heterocycles. The molecule has 0 aliphatic rings. The number of thiazole rings is 1. The van der Waals surface area contributed by atoms with Crippen molar-refractivity contribution in [1.29, 1.82) is 0 Å². The summed E-state index contributed by atoms with van der Waals surface area (Å²) >= 11 is 1.30. The molecule has 0 aliphatic carbocycles. The van der Waals surface area contributed by atoms with Gasteiger partial charge in [0.1, 0.15) is 5.75 Å². The van der Waals surface area contributed by atoms with Gasteiger partial charge in [0.05, 0.1) is 5.69 Å². The van der Waals surface area contributed by atoms with Crippen LogP contribution in [0.4, 0.5) is 13.9 Å². The Morgan fingerprint density at radius 2 is 2.08 bits per heavy atom. The fourth-order valence-corrected chi connectivity index (χ4v) is 3.03. The van der Waals surface area contributed by atoms with Crippen molar-refractivity contribution in [3.63, 3.8) is 0 Å². The van der Waals surface area contributed by atoms with Crippen molar-refractivity contribution in [2.75, 3.05) is 5.32 Å². The Balaban J connectivity index is 1.57. The van der Waals surface area contributed by atoms with Gasteiger partial charge in [0.2, 0.25) is 5.91 Å². The molecule has 3 aromatic rings. The molecule has 0 fully saturated rings. The highest BCUT2D eigenvalue weighted by Crippen LogP contribution is 2.27. The maximum absolute atomic E-state index is 12.2. The summed E-state index contributed by atoms with van der Waals surface area (Å²) in [4.78, 5) is 16.4. The van der Waals surface area contributed by atoms with Gasteiger partial charge in [0, 0.05) is 35.8 Å². The minimum atomic E-state index is -2.85. The molecule has 9 heteroatoms. The molecular weight excluding hydrogens is 362 g/mol. The van der Waals surface area contributed by atoms with Gasteiger partial charge in [-0.3, -0.25) is 9.48 Å². The normalized spacial score (nSPS) is 10.9. The lowest BCUT2D eigenvalue weighted by Gasteiger charge is -2.05. The number of halogens is 2. The van der Waals surface area contributed by atoms with E-state index in [1.54, 1.807) is 28.4 Å². The number of nitrogens with one attached hydrogen (secondary N) is 1. The van der Waals surface area contributed by atoms with E-state index in [0.29, 0.717) is 17.4 Å². The number of anilines is 1. The van der Waals surface area contributed by atoms with E-state index in [1.807, 2.05) is 13.0 Å². The first kappa shape index (κ1) is 18.0. The molecule has 1 aromatic carbocycles. The van der Waals surface area contributed by atoms with Gasteiger partial charge in [-0.15, -0.1) is 11.3 Å². The van der Waals surface area contributed by atoms with Crippen molar-refractivity contribution in [1.82, 2.24) is 14.8 Å². The van der Waals surface area contributed by atoms with Crippen LogP contribution < -0.4 is 10.1 Å². The molecule has 26 heavy (non-hydrogen) atoms. The number of alkyl halides is 2. The third kappa shape index (κ3) is 4.63. The number of ether oxygens (including phenoxy) is 1. The van der Waals surface area contributed by atoms with Gasteiger partial charge >= 0.3 is 6.61 Å². The number of nitrogens with zero attached hydrogens (tertiary/aromatic N) is 3. The smallest absolute Gasteiger partial charge is 0.387 e. The van der Waals surface area contributed by atoms with Gasteiger partial charge < -0.3 is 10.1 Å². The Kier molecular flexibility index (Phi) is 5.57. The number of hydrogen-bond donors (Lipinski definition) is 1. The summed E-state index contributed by atoms with van der Waals surface area (Å²) < 4.78 is 30.4. The second kappa shape index (κ2) is 8.05. The van der Waals surface area contributed by atoms with Crippen LogP contribution in [0.3, 0.4) is 0 Å². The molecule has 1 amide bonds.